The molecule has 0 atom stereocenters. The largest absolute Gasteiger partial charge is 0.378 e. The summed E-state index contributed by atoms with van der Waals surface area (Å²) in [5, 5.41) is 0.495. The van der Waals surface area contributed by atoms with E-state index in [-0.39, 0.29) is 11.5 Å². The second-order valence-corrected chi connectivity index (χ2v) is 6.57. The van der Waals surface area contributed by atoms with Crippen molar-refractivity contribution in [3.05, 3.63) is 45.2 Å². The SMILES string of the molecule is Cc1cccn2c(=O)c3cc(C(=O)N4CCOCC4)sc3nc12. The molecular formula is C16H15N3O3S. The van der Waals surface area contributed by atoms with E-state index in [4.69, 9.17) is 4.74 Å². The molecule has 7 heteroatoms. The summed E-state index contributed by atoms with van der Waals surface area (Å²) in [5.74, 6) is -0.0542. The summed E-state index contributed by atoms with van der Waals surface area (Å²) in [6.07, 6.45) is 1.71. The number of rotatable bonds is 1. The second-order valence-electron chi connectivity index (χ2n) is 5.54. The van der Waals surface area contributed by atoms with Gasteiger partial charge in [-0.1, -0.05) is 6.07 Å². The highest BCUT2D eigenvalue weighted by Crippen LogP contribution is 2.24. The van der Waals surface area contributed by atoms with Crippen LogP contribution >= 0.6 is 11.3 Å². The van der Waals surface area contributed by atoms with Gasteiger partial charge in [0.2, 0.25) is 0 Å². The van der Waals surface area contributed by atoms with Gasteiger partial charge in [0, 0.05) is 19.3 Å². The molecule has 6 nitrogen and oxygen atoms in total. The van der Waals surface area contributed by atoms with Crippen LogP contribution in [0.15, 0.2) is 29.2 Å². The fourth-order valence-corrected chi connectivity index (χ4v) is 3.78. The molecule has 4 rings (SSSR count). The van der Waals surface area contributed by atoms with E-state index in [9.17, 15) is 9.59 Å². The number of carbonyl (C=O) groups excluding carboxylic acids is 1. The molecule has 0 radical (unpaired) electrons. The third kappa shape index (κ3) is 2.32. The quantitative estimate of drug-likeness (QED) is 0.681. The predicted molar refractivity (Wildman–Crippen MR) is 88.3 cm³/mol. The van der Waals surface area contributed by atoms with Crippen molar-refractivity contribution < 1.29 is 9.53 Å². The Morgan fingerprint density at radius 3 is 2.91 bits per heavy atom. The van der Waals surface area contributed by atoms with E-state index in [2.05, 4.69) is 4.98 Å². The van der Waals surface area contributed by atoms with Gasteiger partial charge in [-0.15, -0.1) is 11.3 Å². The Morgan fingerprint density at radius 2 is 2.13 bits per heavy atom. The second kappa shape index (κ2) is 5.43. The molecule has 0 spiro atoms. The number of hydrogen-bond acceptors (Lipinski definition) is 5. The van der Waals surface area contributed by atoms with Crippen LogP contribution in [0.25, 0.3) is 15.9 Å². The summed E-state index contributed by atoms with van der Waals surface area (Å²) < 4.78 is 6.81. The molecular weight excluding hydrogens is 314 g/mol. The van der Waals surface area contributed by atoms with Gasteiger partial charge in [0.05, 0.1) is 23.5 Å². The van der Waals surface area contributed by atoms with Gasteiger partial charge in [-0.3, -0.25) is 14.0 Å². The van der Waals surface area contributed by atoms with E-state index in [1.165, 1.54) is 15.7 Å². The molecule has 0 aliphatic carbocycles. The van der Waals surface area contributed by atoms with Crippen molar-refractivity contribution in [3.8, 4) is 0 Å². The number of morpholine rings is 1. The highest BCUT2D eigenvalue weighted by atomic mass is 32.1. The van der Waals surface area contributed by atoms with Gasteiger partial charge >= 0.3 is 0 Å². The molecule has 1 aliphatic rings. The zero-order chi connectivity index (χ0) is 16.0. The van der Waals surface area contributed by atoms with Gasteiger partial charge in [-0.25, -0.2) is 4.98 Å². The van der Waals surface area contributed by atoms with Crippen LogP contribution in [0.1, 0.15) is 15.2 Å². The molecule has 23 heavy (non-hydrogen) atoms. The van der Waals surface area contributed by atoms with Gasteiger partial charge in [0.1, 0.15) is 10.5 Å². The normalized spacial score (nSPS) is 15.4. The Balaban J connectivity index is 1.86. The molecule has 118 valence electrons. The smallest absolute Gasteiger partial charge is 0.266 e. The Labute approximate surface area is 135 Å². The average molecular weight is 329 g/mol. The molecule has 1 amide bonds. The minimum absolute atomic E-state index is 0.0542. The van der Waals surface area contributed by atoms with Gasteiger partial charge in [0.25, 0.3) is 11.5 Å². The van der Waals surface area contributed by atoms with E-state index in [1.54, 1.807) is 17.2 Å². The number of pyridine rings is 1. The Kier molecular flexibility index (Phi) is 3.39. The maximum absolute atomic E-state index is 12.6. The van der Waals surface area contributed by atoms with Gasteiger partial charge in [-0.2, -0.15) is 0 Å². The number of nitrogens with zero attached hydrogens (tertiary/aromatic N) is 3. The maximum atomic E-state index is 12.6. The molecule has 1 aliphatic heterocycles. The minimum Gasteiger partial charge on any atom is -0.378 e. The summed E-state index contributed by atoms with van der Waals surface area (Å²) in [4.78, 5) is 32.7. The molecule has 0 saturated carbocycles. The molecule has 0 unspecified atom stereocenters. The number of hydrogen-bond donors (Lipinski definition) is 0. The van der Waals surface area contributed by atoms with E-state index in [1.807, 2.05) is 19.1 Å². The van der Waals surface area contributed by atoms with Crippen LogP contribution in [-0.4, -0.2) is 46.5 Å². The van der Waals surface area contributed by atoms with E-state index in [0.717, 1.165) is 5.56 Å². The Hall–Kier alpha value is -2.25. The van der Waals surface area contributed by atoms with Crippen LogP contribution in [-0.2, 0) is 4.74 Å². The molecule has 0 N–H and O–H groups in total. The highest BCUT2D eigenvalue weighted by Gasteiger charge is 2.22. The summed E-state index contributed by atoms with van der Waals surface area (Å²) >= 11 is 1.28. The van der Waals surface area contributed by atoms with Gasteiger partial charge in [0.15, 0.2) is 0 Å². The first-order chi connectivity index (χ1) is 11.1. The van der Waals surface area contributed by atoms with Crippen LogP contribution in [0.4, 0.5) is 0 Å². The van der Waals surface area contributed by atoms with E-state index >= 15 is 0 Å². The molecule has 1 fully saturated rings. The molecule has 3 aromatic heterocycles. The fourth-order valence-electron chi connectivity index (χ4n) is 2.79. The van der Waals surface area contributed by atoms with E-state index in [0.29, 0.717) is 47.0 Å². The highest BCUT2D eigenvalue weighted by molar-refractivity contribution is 7.20. The van der Waals surface area contributed by atoms with Crippen molar-refractivity contribution in [2.24, 2.45) is 0 Å². The standard InChI is InChI=1S/C16H15N3O3S/c1-10-3-2-4-19-13(10)17-14-11(15(19)20)9-12(23-14)16(21)18-5-7-22-8-6-18/h2-4,9H,5-8H2,1H3. The van der Waals surface area contributed by atoms with Crippen LogP contribution in [0, 0.1) is 6.92 Å². The summed E-state index contributed by atoms with van der Waals surface area (Å²) in [6.45, 7) is 4.20. The number of thiophene rings is 1. The van der Waals surface area contributed by atoms with Crippen molar-refractivity contribution in [1.82, 2.24) is 14.3 Å². The van der Waals surface area contributed by atoms with Crippen molar-refractivity contribution in [2.45, 2.75) is 6.92 Å². The van der Waals surface area contributed by atoms with Crippen molar-refractivity contribution in [2.75, 3.05) is 26.3 Å². The molecule has 1 saturated heterocycles. The van der Waals surface area contributed by atoms with Crippen LogP contribution in [0.3, 0.4) is 0 Å². The molecule has 3 aromatic rings. The van der Waals surface area contributed by atoms with Crippen molar-refractivity contribution in [3.63, 3.8) is 0 Å². The van der Waals surface area contributed by atoms with Crippen LogP contribution < -0.4 is 5.56 Å². The van der Waals surface area contributed by atoms with Gasteiger partial charge in [-0.05, 0) is 24.6 Å². The Bertz CT molecular complexity index is 970. The summed E-state index contributed by atoms with van der Waals surface area (Å²) in [6, 6.07) is 5.41. The number of ether oxygens (including phenoxy) is 1. The first kappa shape index (κ1) is 14.3. The zero-order valence-electron chi connectivity index (χ0n) is 12.6. The lowest BCUT2D eigenvalue weighted by molar-refractivity contribution is 0.0306. The molecule has 0 aromatic carbocycles. The van der Waals surface area contributed by atoms with Gasteiger partial charge < -0.3 is 9.64 Å². The lowest BCUT2D eigenvalue weighted by Crippen LogP contribution is -2.40. The topological polar surface area (TPSA) is 63.9 Å². The number of amides is 1. The third-order valence-corrected chi connectivity index (χ3v) is 5.06. The third-order valence-electron chi connectivity index (χ3n) is 4.04. The lowest BCUT2D eigenvalue weighted by atomic mass is 10.2. The minimum atomic E-state index is -0.133. The van der Waals surface area contributed by atoms with Crippen molar-refractivity contribution in [1.29, 1.82) is 0 Å². The number of fused-ring (bicyclic) bond motifs is 2. The van der Waals surface area contributed by atoms with E-state index < -0.39 is 0 Å². The maximum Gasteiger partial charge on any atom is 0.266 e. The van der Waals surface area contributed by atoms with Crippen LogP contribution in [0.5, 0.6) is 0 Å². The van der Waals surface area contributed by atoms with Crippen LogP contribution in [0.2, 0.25) is 0 Å². The molecule has 0 bridgehead atoms. The number of aromatic nitrogens is 2. The lowest BCUT2D eigenvalue weighted by Gasteiger charge is -2.26. The average Bonchev–Trinajstić information content (AvgIpc) is 3.01. The zero-order valence-corrected chi connectivity index (χ0v) is 13.4. The first-order valence-electron chi connectivity index (χ1n) is 7.44. The predicted octanol–water partition coefficient (Wildman–Crippen LogP) is 1.69. The summed E-state index contributed by atoms with van der Waals surface area (Å²) in [7, 11) is 0. The Morgan fingerprint density at radius 1 is 1.35 bits per heavy atom. The molecule has 4 heterocycles. The number of carbonyl (C=O) groups is 1. The van der Waals surface area contributed by atoms with Crippen molar-refractivity contribution >= 4 is 33.1 Å². The number of aryl methyl sites for hydroxylation is 1. The first-order valence-corrected chi connectivity index (χ1v) is 8.25. The monoisotopic (exact) mass is 329 g/mol. The fraction of sp³-hybridized carbons (Fsp3) is 0.312. The summed E-state index contributed by atoms with van der Waals surface area (Å²) in [5.41, 5.74) is 1.43.